The van der Waals surface area contributed by atoms with E-state index in [-0.39, 0.29) is 5.91 Å². The van der Waals surface area contributed by atoms with Crippen molar-refractivity contribution in [2.45, 2.75) is 25.9 Å². The molecule has 1 amide bonds. The number of thioether (sulfide) groups is 1. The lowest BCUT2D eigenvalue weighted by Crippen LogP contribution is -2.43. The third-order valence-electron chi connectivity index (χ3n) is 2.72. The number of nitrogens with two attached hydrogens (primary N) is 1. The van der Waals surface area contributed by atoms with Crippen LogP contribution in [0.1, 0.15) is 19.0 Å². The summed E-state index contributed by atoms with van der Waals surface area (Å²) in [6.45, 7) is 3.15. The fourth-order valence-corrected chi connectivity index (χ4v) is 2.13. The number of amides is 1. The van der Waals surface area contributed by atoms with Gasteiger partial charge < -0.3 is 10.6 Å². The molecule has 0 fully saturated rings. The average molecular weight is 267 g/mol. The summed E-state index contributed by atoms with van der Waals surface area (Å²) in [5.74, 6) is 0.922. The standard InChI is InChI=1S/C13H21N3OS/c1-3-16(10-11-6-4-5-8-15-11)13(17)12(14)7-9-18-2/h4-6,8,12H,3,7,9-10,14H2,1-2H3/t12-/m0/s1. The molecule has 0 bridgehead atoms. The van der Waals surface area contributed by atoms with Gasteiger partial charge in [0, 0.05) is 12.7 Å². The molecule has 100 valence electrons. The molecule has 0 unspecified atom stereocenters. The third kappa shape index (κ3) is 4.66. The van der Waals surface area contributed by atoms with E-state index in [1.165, 1.54) is 0 Å². The largest absolute Gasteiger partial charge is 0.336 e. The Morgan fingerprint density at radius 2 is 2.33 bits per heavy atom. The monoisotopic (exact) mass is 267 g/mol. The van der Waals surface area contributed by atoms with Crippen molar-refractivity contribution in [2.24, 2.45) is 5.73 Å². The van der Waals surface area contributed by atoms with Crippen LogP contribution in [0.25, 0.3) is 0 Å². The van der Waals surface area contributed by atoms with Crippen LogP contribution in [-0.2, 0) is 11.3 Å². The van der Waals surface area contributed by atoms with Gasteiger partial charge in [-0.05, 0) is 37.5 Å². The maximum absolute atomic E-state index is 12.1. The minimum absolute atomic E-state index is 0.0113. The normalized spacial score (nSPS) is 12.2. The predicted molar refractivity (Wildman–Crippen MR) is 76.3 cm³/mol. The van der Waals surface area contributed by atoms with Gasteiger partial charge >= 0.3 is 0 Å². The number of rotatable bonds is 7. The molecule has 1 heterocycles. The van der Waals surface area contributed by atoms with Crippen LogP contribution in [0.15, 0.2) is 24.4 Å². The molecule has 0 aromatic carbocycles. The van der Waals surface area contributed by atoms with E-state index in [2.05, 4.69) is 4.98 Å². The average Bonchev–Trinajstić information content (AvgIpc) is 2.42. The van der Waals surface area contributed by atoms with Crippen LogP contribution < -0.4 is 5.73 Å². The first kappa shape index (κ1) is 15.0. The zero-order valence-electron chi connectivity index (χ0n) is 11.0. The second-order valence-electron chi connectivity index (χ2n) is 4.06. The van der Waals surface area contributed by atoms with Crippen LogP contribution in [0.2, 0.25) is 0 Å². The molecule has 0 saturated carbocycles. The minimum Gasteiger partial charge on any atom is -0.336 e. The lowest BCUT2D eigenvalue weighted by molar-refractivity contribution is -0.133. The zero-order valence-corrected chi connectivity index (χ0v) is 11.8. The van der Waals surface area contributed by atoms with Gasteiger partial charge in [-0.3, -0.25) is 9.78 Å². The predicted octanol–water partition coefficient (Wildman–Crippen LogP) is 1.51. The molecule has 0 aliphatic carbocycles. The number of pyridine rings is 1. The molecule has 18 heavy (non-hydrogen) atoms. The van der Waals surface area contributed by atoms with Crippen LogP contribution in [0, 0.1) is 0 Å². The van der Waals surface area contributed by atoms with Gasteiger partial charge in [-0.25, -0.2) is 0 Å². The summed E-state index contributed by atoms with van der Waals surface area (Å²) in [7, 11) is 0. The first-order chi connectivity index (χ1) is 8.69. The highest BCUT2D eigenvalue weighted by Crippen LogP contribution is 2.06. The van der Waals surface area contributed by atoms with Crippen molar-refractivity contribution >= 4 is 17.7 Å². The number of hydrogen-bond donors (Lipinski definition) is 1. The van der Waals surface area contributed by atoms with Crippen molar-refractivity contribution in [3.63, 3.8) is 0 Å². The van der Waals surface area contributed by atoms with Gasteiger partial charge in [-0.2, -0.15) is 11.8 Å². The molecule has 0 saturated heterocycles. The Balaban J connectivity index is 2.57. The maximum Gasteiger partial charge on any atom is 0.239 e. The summed E-state index contributed by atoms with van der Waals surface area (Å²) in [5, 5.41) is 0. The van der Waals surface area contributed by atoms with E-state index < -0.39 is 6.04 Å². The molecule has 1 aromatic rings. The number of carbonyl (C=O) groups is 1. The van der Waals surface area contributed by atoms with Crippen molar-refractivity contribution in [3.05, 3.63) is 30.1 Å². The van der Waals surface area contributed by atoms with E-state index in [0.717, 1.165) is 17.9 Å². The summed E-state index contributed by atoms with van der Waals surface area (Å²) in [6, 6.07) is 5.31. The van der Waals surface area contributed by atoms with Crippen molar-refractivity contribution in [3.8, 4) is 0 Å². The van der Waals surface area contributed by atoms with E-state index in [4.69, 9.17) is 5.73 Å². The van der Waals surface area contributed by atoms with E-state index in [1.54, 1.807) is 22.9 Å². The second kappa shape index (κ2) is 8.11. The highest BCUT2D eigenvalue weighted by molar-refractivity contribution is 7.98. The summed E-state index contributed by atoms with van der Waals surface area (Å²) in [6.07, 6.45) is 4.47. The summed E-state index contributed by atoms with van der Waals surface area (Å²) in [5.41, 5.74) is 6.80. The molecule has 1 atom stereocenters. The molecule has 4 nitrogen and oxygen atoms in total. The van der Waals surface area contributed by atoms with E-state index in [1.807, 2.05) is 31.4 Å². The Bertz CT molecular complexity index is 359. The van der Waals surface area contributed by atoms with Crippen molar-refractivity contribution < 1.29 is 4.79 Å². The topological polar surface area (TPSA) is 59.2 Å². The molecule has 5 heteroatoms. The molecule has 1 rings (SSSR count). The van der Waals surface area contributed by atoms with Crippen LogP contribution in [-0.4, -0.2) is 40.4 Å². The molecule has 2 N–H and O–H groups in total. The smallest absolute Gasteiger partial charge is 0.239 e. The number of aromatic nitrogens is 1. The van der Waals surface area contributed by atoms with E-state index >= 15 is 0 Å². The number of likely N-dealkylation sites (N-methyl/N-ethyl adjacent to an activating group) is 1. The Morgan fingerprint density at radius 1 is 1.56 bits per heavy atom. The van der Waals surface area contributed by atoms with Crippen molar-refractivity contribution in [2.75, 3.05) is 18.6 Å². The Kier molecular flexibility index (Phi) is 6.75. The van der Waals surface area contributed by atoms with E-state index in [9.17, 15) is 4.79 Å². The van der Waals surface area contributed by atoms with Gasteiger partial charge in [0.15, 0.2) is 0 Å². The van der Waals surface area contributed by atoms with Gasteiger partial charge in [0.05, 0.1) is 18.3 Å². The highest BCUT2D eigenvalue weighted by Gasteiger charge is 2.19. The third-order valence-corrected chi connectivity index (χ3v) is 3.37. The van der Waals surface area contributed by atoms with Gasteiger partial charge in [0.2, 0.25) is 5.91 Å². The molecular formula is C13H21N3OS. The summed E-state index contributed by atoms with van der Waals surface area (Å²) >= 11 is 1.71. The highest BCUT2D eigenvalue weighted by atomic mass is 32.2. The molecular weight excluding hydrogens is 246 g/mol. The molecule has 0 spiro atoms. The molecule has 0 aliphatic rings. The SMILES string of the molecule is CCN(Cc1ccccn1)C(=O)[C@@H](N)CCSC. The number of nitrogens with zero attached hydrogens (tertiary/aromatic N) is 2. The van der Waals surface area contributed by atoms with Gasteiger partial charge in [0.1, 0.15) is 0 Å². The molecule has 0 radical (unpaired) electrons. The van der Waals surface area contributed by atoms with Crippen LogP contribution >= 0.6 is 11.8 Å². The van der Waals surface area contributed by atoms with Crippen LogP contribution in [0.4, 0.5) is 0 Å². The molecule has 0 aliphatic heterocycles. The van der Waals surface area contributed by atoms with Crippen LogP contribution in [0.3, 0.4) is 0 Å². The summed E-state index contributed by atoms with van der Waals surface area (Å²) in [4.78, 5) is 18.1. The zero-order chi connectivity index (χ0) is 13.4. The van der Waals surface area contributed by atoms with Gasteiger partial charge in [-0.1, -0.05) is 6.07 Å². The Morgan fingerprint density at radius 3 is 2.89 bits per heavy atom. The first-order valence-corrected chi connectivity index (χ1v) is 7.51. The molecule has 1 aromatic heterocycles. The minimum atomic E-state index is -0.402. The van der Waals surface area contributed by atoms with Gasteiger partial charge in [0.25, 0.3) is 0 Å². The first-order valence-electron chi connectivity index (χ1n) is 6.12. The van der Waals surface area contributed by atoms with Crippen molar-refractivity contribution in [1.29, 1.82) is 0 Å². The number of carbonyl (C=O) groups excluding carboxylic acids is 1. The van der Waals surface area contributed by atoms with Crippen molar-refractivity contribution in [1.82, 2.24) is 9.88 Å². The van der Waals surface area contributed by atoms with Crippen LogP contribution in [0.5, 0.6) is 0 Å². The fourth-order valence-electron chi connectivity index (χ4n) is 1.64. The Hall–Kier alpha value is -1.07. The lowest BCUT2D eigenvalue weighted by Gasteiger charge is -2.23. The summed E-state index contributed by atoms with van der Waals surface area (Å²) < 4.78 is 0. The maximum atomic E-state index is 12.1. The Labute approximate surface area is 113 Å². The van der Waals surface area contributed by atoms with E-state index in [0.29, 0.717) is 13.1 Å². The van der Waals surface area contributed by atoms with Gasteiger partial charge in [-0.15, -0.1) is 0 Å². The number of hydrogen-bond acceptors (Lipinski definition) is 4. The lowest BCUT2D eigenvalue weighted by atomic mass is 10.2. The fraction of sp³-hybridized carbons (Fsp3) is 0.538. The second-order valence-corrected chi connectivity index (χ2v) is 5.05. The quantitative estimate of drug-likeness (QED) is 0.813.